The Morgan fingerprint density at radius 1 is 1.13 bits per heavy atom. The Morgan fingerprint density at radius 2 is 1.94 bits per heavy atom. The van der Waals surface area contributed by atoms with Crippen molar-refractivity contribution < 1.29 is 9.53 Å². The lowest BCUT2D eigenvalue weighted by molar-refractivity contribution is -0.116. The number of nitrogens with zero attached hydrogens (tertiary/aromatic N) is 3. The summed E-state index contributed by atoms with van der Waals surface area (Å²) in [6.07, 6.45) is 2.30. The smallest absolute Gasteiger partial charge is 0.227 e. The van der Waals surface area contributed by atoms with Crippen molar-refractivity contribution in [2.75, 3.05) is 11.9 Å². The highest BCUT2D eigenvalue weighted by molar-refractivity contribution is 7.98. The summed E-state index contributed by atoms with van der Waals surface area (Å²) >= 11 is 1.60. The Labute approximate surface area is 185 Å². The number of allylic oxidation sites excluding steroid dienone is 2. The van der Waals surface area contributed by atoms with Crippen LogP contribution in [0.4, 0.5) is 5.95 Å². The number of fused-ring (bicyclic) bond motifs is 1. The lowest BCUT2D eigenvalue weighted by Gasteiger charge is -2.32. The van der Waals surface area contributed by atoms with Gasteiger partial charge in [-0.3, -0.25) is 4.79 Å². The standard InChI is InChI=1S/C24H24N4O2S/c1-2-30-18-13-11-17(12-14-18)22-21-19(9-6-10-20(21)29)25-23-26-24(27-28(22)23)31-15-16-7-4-3-5-8-16/h3-5,7-8,11-14,22H,2,6,9-10,15H2,1H3,(H,25,26,27)/t22-/m0/s1. The number of thioether (sulfide) groups is 1. The highest BCUT2D eigenvalue weighted by Crippen LogP contribution is 2.41. The van der Waals surface area contributed by atoms with Crippen molar-refractivity contribution in [3.05, 3.63) is 77.0 Å². The first-order valence-corrected chi connectivity index (χ1v) is 11.6. The number of nitrogens with one attached hydrogen (secondary N) is 1. The fourth-order valence-corrected chi connectivity index (χ4v) is 4.93. The maximum atomic E-state index is 12.9. The number of ketones is 1. The fraction of sp³-hybridized carbons (Fsp3) is 0.292. The van der Waals surface area contributed by atoms with E-state index in [0.717, 1.165) is 41.2 Å². The van der Waals surface area contributed by atoms with Gasteiger partial charge in [-0.25, -0.2) is 4.68 Å². The van der Waals surface area contributed by atoms with E-state index >= 15 is 0 Å². The minimum Gasteiger partial charge on any atom is -0.494 e. The number of carbonyl (C=O) groups is 1. The van der Waals surface area contributed by atoms with Crippen molar-refractivity contribution in [2.24, 2.45) is 0 Å². The van der Waals surface area contributed by atoms with Gasteiger partial charge in [0.1, 0.15) is 11.8 Å². The van der Waals surface area contributed by atoms with Gasteiger partial charge >= 0.3 is 0 Å². The van der Waals surface area contributed by atoms with Crippen LogP contribution in [0.15, 0.2) is 71.0 Å². The molecule has 158 valence electrons. The molecule has 5 rings (SSSR count). The summed E-state index contributed by atoms with van der Waals surface area (Å²) in [7, 11) is 0. The number of benzene rings is 2. The first kappa shape index (κ1) is 19.9. The van der Waals surface area contributed by atoms with Gasteiger partial charge in [-0.1, -0.05) is 54.2 Å². The van der Waals surface area contributed by atoms with E-state index in [-0.39, 0.29) is 11.8 Å². The number of hydrogen-bond donors (Lipinski definition) is 1. The Balaban J connectivity index is 1.49. The van der Waals surface area contributed by atoms with Gasteiger partial charge < -0.3 is 10.1 Å². The van der Waals surface area contributed by atoms with E-state index in [0.29, 0.717) is 24.1 Å². The molecule has 0 unspecified atom stereocenters. The van der Waals surface area contributed by atoms with Crippen LogP contribution in [-0.2, 0) is 10.5 Å². The Bertz CT molecular complexity index is 1120. The third-order valence-electron chi connectivity index (χ3n) is 5.57. The molecule has 1 aliphatic carbocycles. The molecule has 0 spiro atoms. The number of Topliss-reactive ketones (excluding diaryl/α,β-unsaturated/α-hetero) is 1. The summed E-state index contributed by atoms with van der Waals surface area (Å²) in [4.78, 5) is 17.7. The minimum atomic E-state index is -0.270. The van der Waals surface area contributed by atoms with Gasteiger partial charge in [0, 0.05) is 23.4 Å². The van der Waals surface area contributed by atoms with E-state index in [1.165, 1.54) is 5.56 Å². The zero-order chi connectivity index (χ0) is 21.2. The van der Waals surface area contributed by atoms with Crippen LogP contribution in [0, 0.1) is 0 Å². The number of rotatable bonds is 6. The molecule has 2 aliphatic rings. The van der Waals surface area contributed by atoms with Crippen molar-refractivity contribution in [1.29, 1.82) is 0 Å². The third kappa shape index (κ3) is 3.97. The van der Waals surface area contributed by atoms with Crippen molar-refractivity contribution in [3.8, 4) is 5.75 Å². The number of hydrogen-bond acceptors (Lipinski definition) is 6. The predicted octanol–water partition coefficient (Wildman–Crippen LogP) is 4.99. The average Bonchev–Trinajstić information content (AvgIpc) is 3.21. The first-order chi connectivity index (χ1) is 15.2. The Hall–Kier alpha value is -3.06. The Kier molecular flexibility index (Phi) is 5.51. The van der Waals surface area contributed by atoms with Gasteiger partial charge in [0.2, 0.25) is 11.1 Å². The SMILES string of the molecule is CCOc1ccc([C@H]2C3=C(CCCC3=O)Nc3nc(SCc4ccccc4)nn32)cc1. The summed E-state index contributed by atoms with van der Waals surface area (Å²) in [6.45, 7) is 2.59. The zero-order valence-corrected chi connectivity index (χ0v) is 18.2. The van der Waals surface area contributed by atoms with E-state index < -0.39 is 0 Å². The van der Waals surface area contributed by atoms with Crippen LogP contribution in [0.2, 0.25) is 0 Å². The summed E-state index contributed by atoms with van der Waals surface area (Å²) < 4.78 is 7.46. The van der Waals surface area contributed by atoms with Crippen molar-refractivity contribution in [2.45, 2.75) is 43.1 Å². The zero-order valence-electron chi connectivity index (χ0n) is 17.4. The summed E-state index contributed by atoms with van der Waals surface area (Å²) in [5.74, 6) is 2.50. The molecule has 0 fully saturated rings. The molecule has 1 aromatic heterocycles. The van der Waals surface area contributed by atoms with E-state index in [1.54, 1.807) is 11.8 Å². The molecule has 1 N–H and O–H groups in total. The van der Waals surface area contributed by atoms with E-state index in [9.17, 15) is 4.79 Å². The van der Waals surface area contributed by atoms with Gasteiger partial charge in [-0.05, 0) is 43.0 Å². The highest BCUT2D eigenvalue weighted by Gasteiger charge is 2.36. The molecule has 3 aromatic rings. The van der Waals surface area contributed by atoms with Crippen LogP contribution in [0.25, 0.3) is 0 Å². The molecule has 0 radical (unpaired) electrons. The quantitative estimate of drug-likeness (QED) is 0.554. The van der Waals surface area contributed by atoms with Crippen molar-refractivity contribution in [3.63, 3.8) is 0 Å². The van der Waals surface area contributed by atoms with Crippen LogP contribution >= 0.6 is 11.8 Å². The van der Waals surface area contributed by atoms with E-state index in [4.69, 9.17) is 14.8 Å². The lowest BCUT2D eigenvalue weighted by Crippen LogP contribution is -2.31. The van der Waals surface area contributed by atoms with Gasteiger partial charge in [-0.2, -0.15) is 4.98 Å². The molecule has 1 aliphatic heterocycles. The maximum absolute atomic E-state index is 12.9. The average molecular weight is 433 g/mol. The molecule has 31 heavy (non-hydrogen) atoms. The maximum Gasteiger partial charge on any atom is 0.227 e. The number of anilines is 1. The molecule has 0 saturated heterocycles. The normalized spacial score (nSPS) is 17.7. The molecule has 6 nitrogen and oxygen atoms in total. The lowest BCUT2D eigenvalue weighted by atomic mass is 9.85. The van der Waals surface area contributed by atoms with Gasteiger partial charge in [-0.15, -0.1) is 5.10 Å². The molecule has 1 atom stereocenters. The van der Waals surface area contributed by atoms with Crippen molar-refractivity contribution >= 4 is 23.5 Å². The molecule has 2 aromatic carbocycles. The van der Waals surface area contributed by atoms with Gasteiger partial charge in [0.15, 0.2) is 5.78 Å². The second-order valence-electron chi connectivity index (χ2n) is 7.64. The molecule has 2 heterocycles. The van der Waals surface area contributed by atoms with Crippen LogP contribution in [0.5, 0.6) is 5.75 Å². The predicted molar refractivity (Wildman–Crippen MR) is 121 cm³/mol. The second kappa shape index (κ2) is 8.59. The monoisotopic (exact) mass is 432 g/mol. The molecule has 0 bridgehead atoms. The Morgan fingerprint density at radius 3 is 2.71 bits per heavy atom. The van der Waals surface area contributed by atoms with Crippen LogP contribution in [0.3, 0.4) is 0 Å². The van der Waals surface area contributed by atoms with Crippen LogP contribution in [0.1, 0.15) is 43.4 Å². The van der Waals surface area contributed by atoms with Gasteiger partial charge in [0.05, 0.1) is 6.61 Å². The summed E-state index contributed by atoms with van der Waals surface area (Å²) in [5, 5.41) is 8.89. The molecule has 0 saturated carbocycles. The van der Waals surface area contributed by atoms with Crippen LogP contribution in [-0.4, -0.2) is 27.2 Å². The largest absolute Gasteiger partial charge is 0.494 e. The second-order valence-corrected chi connectivity index (χ2v) is 8.58. The molecule has 7 heteroatoms. The summed E-state index contributed by atoms with van der Waals surface area (Å²) in [6, 6.07) is 18.0. The fourth-order valence-electron chi connectivity index (χ4n) is 4.14. The molecule has 0 amide bonds. The highest BCUT2D eigenvalue weighted by atomic mass is 32.2. The first-order valence-electron chi connectivity index (χ1n) is 10.6. The van der Waals surface area contributed by atoms with E-state index in [2.05, 4.69) is 17.4 Å². The number of ether oxygens (including phenoxy) is 1. The van der Waals surface area contributed by atoms with Crippen LogP contribution < -0.4 is 10.1 Å². The third-order valence-corrected chi connectivity index (χ3v) is 6.48. The number of carbonyl (C=O) groups excluding carboxylic acids is 1. The number of aromatic nitrogens is 3. The molecular formula is C24H24N4O2S. The van der Waals surface area contributed by atoms with E-state index in [1.807, 2.05) is 54.1 Å². The topological polar surface area (TPSA) is 69.0 Å². The van der Waals surface area contributed by atoms with Crippen molar-refractivity contribution in [1.82, 2.24) is 14.8 Å². The summed E-state index contributed by atoms with van der Waals surface area (Å²) in [5.41, 5.74) is 4.03. The molecular weight excluding hydrogens is 408 g/mol. The minimum absolute atomic E-state index is 0.187. The van der Waals surface area contributed by atoms with Gasteiger partial charge in [0.25, 0.3) is 0 Å².